The lowest BCUT2D eigenvalue weighted by atomic mass is 10.2. The van der Waals surface area contributed by atoms with Crippen molar-refractivity contribution in [2.24, 2.45) is 0 Å². The van der Waals surface area contributed by atoms with E-state index in [0.717, 1.165) is 23.0 Å². The zero-order valence-electron chi connectivity index (χ0n) is 12.3. The summed E-state index contributed by atoms with van der Waals surface area (Å²) in [7, 11) is 0. The number of aryl methyl sites for hydroxylation is 1. The highest BCUT2D eigenvalue weighted by Crippen LogP contribution is 2.32. The van der Waals surface area contributed by atoms with Gasteiger partial charge in [-0.25, -0.2) is 0 Å². The molecule has 0 bridgehead atoms. The number of nitrogens with zero attached hydrogens (tertiary/aromatic N) is 2. The van der Waals surface area contributed by atoms with E-state index in [1.165, 1.54) is 0 Å². The first-order valence-corrected chi connectivity index (χ1v) is 7.16. The van der Waals surface area contributed by atoms with Gasteiger partial charge in [0.1, 0.15) is 24.0 Å². The van der Waals surface area contributed by atoms with E-state index in [1.54, 1.807) is 18.2 Å². The highest BCUT2D eigenvalue weighted by atomic mass is 16.5. The quantitative estimate of drug-likeness (QED) is 0.795. The molecule has 1 heterocycles. The molecule has 0 spiro atoms. The second kappa shape index (κ2) is 5.82. The molecule has 0 atom stereocenters. The summed E-state index contributed by atoms with van der Waals surface area (Å²) in [5, 5.41) is 19.9. The monoisotopic (exact) mass is 292 g/mol. The van der Waals surface area contributed by atoms with Crippen LogP contribution in [0.4, 0.5) is 0 Å². The minimum absolute atomic E-state index is 0.206. The fourth-order valence-electron chi connectivity index (χ4n) is 2.65. The van der Waals surface area contributed by atoms with Gasteiger partial charge in [0.05, 0.1) is 5.52 Å². The predicted molar refractivity (Wildman–Crippen MR) is 84.8 cm³/mol. The maximum absolute atomic E-state index is 9.51. The summed E-state index contributed by atoms with van der Waals surface area (Å²) in [5.74, 6) is 0.784. The maximum Gasteiger partial charge on any atom is 0.213 e. The fourth-order valence-corrected chi connectivity index (χ4v) is 2.65. The molecule has 1 aromatic heterocycles. The number of ether oxygens (including phenoxy) is 1. The molecular formula is C18H16N2O2. The second-order valence-corrected chi connectivity index (χ2v) is 5.01. The molecule has 3 rings (SSSR count). The van der Waals surface area contributed by atoms with E-state index in [4.69, 9.17) is 4.74 Å². The highest BCUT2D eigenvalue weighted by molar-refractivity contribution is 5.89. The molecule has 0 aliphatic heterocycles. The summed E-state index contributed by atoms with van der Waals surface area (Å²) in [6.45, 7) is 3.05. The smallest absolute Gasteiger partial charge is 0.213 e. The van der Waals surface area contributed by atoms with Crippen LogP contribution in [-0.2, 0) is 13.2 Å². The molecule has 2 aromatic carbocycles. The Morgan fingerprint density at radius 2 is 2.00 bits per heavy atom. The molecule has 0 aliphatic carbocycles. The summed E-state index contributed by atoms with van der Waals surface area (Å²) in [6, 6.07) is 17.0. The molecule has 0 amide bonds. The molecule has 3 aromatic rings. The number of hydrogen-bond donors (Lipinski definition) is 1. The van der Waals surface area contributed by atoms with Gasteiger partial charge >= 0.3 is 0 Å². The van der Waals surface area contributed by atoms with Crippen molar-refractivity contribution in [2.75, 3.05) is 0 Å². The Kier molecular flexibility index (Phi) is 3.71. The number of hydrogen-bond acceptors (Lipinski definition) is 3. The van der Waals surface area contributed by atoms with E-state index in [-0.39, 0.29) is 5.75 Å². The first kappa shape index (κ1) is 14.0. The van der Waals surface area contributed by atoms with Gasteiger partial charge in [0.25, 0.3) is 0 Å². The Hall–Kier alpha value is -2.93. The average molecular weight is 292 g/mol. The van der Waals surface area contributed by atoms with Gasteiger partial charge in [0.15, 0.2) is 0 Å². The lowest BCUT2D eigenvalue weighted by Gasteiger charge is -2.10. The van der Waals surface area contributed by atoms with Crippen LogP contribution in [0.2, 0.25) is 0 Å². The number of nitriles is 1. The van der Waals surface area contributed by atoms with Gasteiger partial charge in [-0.2, -0.15) is 5.26 Å². The van der Waals surface area contributed by atoms with Gasteiger partial charge in [-0.3, -0.25) is 0 Å². The molecule has 0 saturated carbocycles. The molecule has 0 fully saturated rings. The third-order valence-corrected chi connectivity index (χ3v) is 3.64. The number of benzene rings is 2. The molecular weight excluding hydrogens is 276 g/mol. The van der Waals surface area contributed by atoms with E-state index < -0.39 is 0 Å². The van der Waals surface area contributed by atoms with E-state index >= 15 is 0 Å². The van der Waals surface area contributed by atoms with Gasteiger partial charge in [0.2, 0.25) is 5.88 Å². The SMILES string of the molecule is CCn1c(OCc2cccc(O)c2)c(C#N)c2ccccc21. The number of phenols is 1. The van der Waals surface area contributed by atoms with Gasteiger partial charge < -0.3 is 14.4 Å². The molecule has 0 radical (unpaired) electrons. The van der Waals surface area contributed by atoms with E-state index in [9.17, 15) is 10.4 Å². The lowest BCUT2D eigenvalue weighted by molar-refractivity contribution is 0.280. The van der Waals surface area contributed by atoms with Crippen LogP contribution in [0.5, 0.6) is 11.6 Å². The number of phenolic OH excluding ortho intramolecular Hbond substituents is 1. The average Bonchev–Trinajstić information content (AvgIpc) is 2.85. The van der Waals surface area contributed by atoms with Crippen molar-refractivity contribution in [3.63, 3.8) is 0 Å². The molecule has 22 heavy (non-hydrogen) atoms. The van der Waals surface area contributed by atoms with Crippen LogP contribution < -0.4 is 4.74 Å². The van der Waals surface area contributed by atoms with Crippen LogP contribution in [0.15, 0.2) is 48.5 Å². The van der Waals surface area contributed by atoms with Crippen LogP contribution in [0.3, 0.4) is 0 Å². The Bertz CT molecular complexity index is 859. The number of para-hydroxylation sites is 1. The van der Waals surface area contributed by atoms with Gasteiger partial charge in [-0.05, 0) is 30.7 Å². The number of rotatable bonds is 4. The molecule has 1 N–H and O–H groups in total. The number of aromatic nitrogens is 1. The summed E-state index contributed by atoms with van der Waals surface area (Å²) in [6.07, 6.45) is 0. The third-order valence-electron chi connectivity index (χ3n) is 3.64. The first-order valence-electron chi connectivity index (χ1n) is 7.16. The lowest BCUT2D eigenvalue weighted by Crippen LogP contribution is -2.03. The van der Waals surface area contributed by atoms with Crippen LogP contribution in [-0.4, -0.2) is 9.67 Å². The van der Waals surface area contributed by atoms with Crippen LogP contribution >= 0.6 is 0 Å². The van der Waals surface area contributed by atoms with E-state index in [0.29, 0.717) is 18.1 Å². The fraction of sp³-hybridized carbons (Fsp3) is 0.167. The second-order valence-electron chi connectivity index (χ2n) is 5.01. The molecule has 0 unspecified atom stereocenters. The van der Waals surface area contributed by atoms with Crippen molar-refractivity contribution in [3.8, 4) is 17.7 Å². The molecule has 0 aliphatic rings. The first-order chi connectivity index (χ1) is 10.7. The summed E-state index contributed by atoms with van der Waals surface area (Å²) in [5.41, 5.74) is 2.40. The molecule has 110 valence electrons. The Morgan fingerprint density at radius 3 is 2.73 bits per heavy atom. The number of aromatic hydroxyl groups is 1. The standard InChI is InChI=1S/C18H16N2O2/c1-2-20-17-9-4-3-8-15(17)16(11-19)18(20)22-12-13-6-5-7-14(21)10-13/h3-10,21H,2,12H2,1H3. The van der Waals surface area contributed by atoms with Gasteiger partial charge in [-0.15, -0.1) is 0 Å². The Morgan fingerprint density at radius 1 is 1.18 bits per heavy atom. The normalized spacial score (nSPS) is 10.5. The van der Waals surface area contributed by atoms with Crippen molar-refractivity contribution in [1.29, 1.82) is 5.26 Å². The van der Waals surface area contributed by atoms with Crippen LogP contribution in [0.1, 0.15) is 18.1 Å². The van der Waals surface area contributed by atoms with Crippen LogP contribution in [0.25, 0.3) is 10.9 Å². The number of fused-ring (bicyclic) bond motifs is 1. The maximum atomic E-state index is 9.51. The molecule has 4 heteroatoms. The Labute approximate surface area is 128 Å². The summed E-state index contributed by atoms with van der Waals surface area (Å²) in [4.78, 5) is 0. The Balaban J connectivity index is 2.01. The molecule has 4 nitrogen and oxygen atoms in total. The van der Waals surface area contributed by atoms with E-state index in [2.05, 4.69) is 6.07 Å². The van der Waals surface area contributed by atoms with Gasteiger partial charge in [-0.1, -0.05) is 30.3 Å². The van der Waals surface area contributed by atoms with Gasteiger partial charge in [0, 0.05) is 11.9 Å². The van der Waals surface area contributed by atoms with Crippen molar-refractivity contribution in [1.82, 2.24) is 4.57 Å². The topological polar surface area (TPSA) is 58.2 Å². The van der Waals surface area contributed by atoms with E-state index in [1.807, 2.05) is 41.8 Å². The largest absolute Gasteiger partial charge is 0.508 e. The van der Waals surface area contributed by atoms with Crippen LogP contribution in [0, 0.1) is 11.3 Å². The predicted octanol–water partition coefficient (Wildman–Crippen LogP) is 3.82. The zero-order chi connectivity index (χ0) is 15.5. The highest BCUT2D eigenvalue weighted by Gasteiger charge is 2.17. The minimum Gasteiger partial charge on any atom is -0.508 e. The zero-order valence-corrected chi connectivity index (χ0v) is 12.3. The van der Waals surface area contributed by atoms with Crippen molar-refractivity contribution < 1.29 is 9.84 Å². The van der Waals surface area contributed by atoms with Crippen molar-refractivity contribution >= 4 is 10.9 Å². The molecule has 0 saturated heterocycles. The summed E-state index contributed by atoms with van der Waals surface area (Å²) < 4.78 is 7.90. The van der Waals surface area contributed by atoms with Crippen molar-refractivity contribution in [2.45, 2.75) is 20.1 Å². The minimum atomic E-state index is 0.206. The summed E-state index contributed by atoms with van der Waals surface area (Å²) >= 11 is 0. The van der Waals surface area contributed by atoms with Crippen molar-refractivity contribution in [3.05, 3.63) is 59.7 Å². The third kappa shape index (κ3) is 2.38.